The lowest BCUT2D eigenvalue weighted by Crippen LogP contribution is -1.91. The highest BCUT2D eigenvalue weighted by Gasteiger charge is 2.18. The van der Waals surface area contributed by atoms with Gasteiger partial charge in [0.2, 0.25) is 0 Å². The number of rotatable bonds is 2. The molecule has 1 aliphatic carbocycles. The van der Waals surface area contributed by atoms with Crippen LogP contribution in [-0.2, 0) is 0 Å². The van der Waals surface area contributed by atoms with E-state index in [-0.39, 0.29) is 0 Å². The first-order valence-electron chi connectivity index (χ1n) is 6.33. The first-order chi connectivity index (χ1) is 8.77. The molecule has 0 unspecified atom stereocenters. The summed E-state index contributed by atoms with van der Waals surface area (Å²) < 4.78 is 5.73. The van der Waals surface area contributed by atoms with Crippen LogP contribution in [-0.4, -0.2) is 0 Å². The minimum absolute atomic E-state index is 0.509. The van der Waals surface area contributed by atoms with Gasteiger partial charge in [0.15, 0.2) is 0 Å². The second kappa shape index (κ2) is 4.34. The highest BCUT2D eigenvalue weighted by Crippen LogP contribution is 2.39. The van der Waals surface area contributed by atoms with E-state index in [1.807, 2.05) is 6.07 Å². The predicted octanol–water partition coefficient (Wildman–Crippen LogP) is 5.17. The summed E-state index contributed by atoms with van der Waals surface area (Å²) in [6, 6.07) is 16.8. The van der Waals surface area contributed by atoms with Crippen molar-refractivity contribution in [2.45, 2.75) is 19.8 Å². The van der Waals surface area contributed by atoms with Gasteiger partial charge in [-0.15, -0.1) is 0 Å². The zero-order valence-corrected chi connectivity index (χ0v) is 10.7. The molecule has 0 atom stereocenters. The minimum atomic E-state index is 0.509. The van der Waals surface area contributed by atoms with Crippen LogP contribution >= 0.6 is 0 Å². The Morgan fingerprint density at radius 2 is 1.56 bits per heavy atom. The zero-order valence-electron chi connectivity index (χ0n) is 10.7. The largest absolute Gasteiger partial charge is 0.464 e. The van der Waals surface area contributed by atoms with E-state index in [2.05, 4.69) is 56.3 Å². The third-order valence-corrected chi connectivity index (χ3v) is 3.36. The van der Waals surface area contributed by atoms with Gasteiger partial charge in [-0.3, -0.25) is 0 Å². The molecule has 1 aromatic rings. The van der Waals surface area contributed by atoms with Gasteiger partial charge in [-0.05, 0) is 29.2 Å². The maximum atomic E-state index is 5.73. The highest BCUT2D eigenvalue weighted by molar-refractivity contribution is 5.84. The zero-order chi connectivity index (χ0) is 12.5. The van der Waals surface area contributed by atoms with Crippen molar-refractivity contribution in [1.82, 2.24) is 0 Å². The quantitative estimate of drug-likeness (QED) is 0.598. The Balaban J connectivity index is 2.17. The maximum Gasteiger partial charge on any atom is 0.141 e. The summed E-state index contributed by atoms with van der Waals surface area (Å²) in [4.78, 5) is 0. The molecule has 0 saturated carbocycles. The summed E-state index contributed by atoms with van der Waals surface area (Å²) >= 11 is 0. The molecule has 3 rings (SSSR count). The number of hydrogen-bond acceptors (Lipinski definition) is 1. The Labute approximate surface area is 107 Å². The van der Waals surface area contributed by atoms with E-state index in [9.17, 15) is 0 Å². The van der Waals surface area contributed by atoms with Crippen molar-refractivity contribution in [3.8, 4) is 22.5 Å². The first kappa shape index (κ1) is 11.1. The van der Waals surface area contributed by atoms with E-state index in [0.29, 0.717) is 5.92 Å². The molecule has 0 N–H and O–H groups in total. The summed E-state index contributed by atoms with van der Waals surface area (Å²) in [5.41, 5.74) is 4.95. The van der Waals surface area contributed by atoms with Crippen LogP contribution in [0.5, 0.6) is 0 Å². The fraction of sp³-hybridized carbons (Fsp3) is 0.176. The van der Waals surface area contributed by atoms with Gasteiger partial charge in [0.1, 0.15) is 5.76 Å². The van der Waals surface area contributed by atoms with Crippen molar-refractivity contribution >= 4 is 0 Å². The number of benzene rings is 1. The molecule has 0 fully saturated rings. The van der Waals surface area contributed by atoms with Crippen LogP contribution in [0.15, 0.2) is 59.2 Å². The van der Waals surface area contributed by atoms with Gasteiger partial charge < -0.3 is 4.42 Å². The van der Waals surface area contributed by atoms with Gasteiger partial charge in [-0.2, -0.15) is 0 Å². The van der Waals surface area contributed by atoms with Gasteiger partial charge in [0.05, 0.1) is 6.26 Å². The Bertz CT molecular complexity index is 619. The van der Waals surface area contributed by atoms with E-state index in [4.69, 9.17) is 4.42 Å². The van der Waals surface area contributed by atoms with Crippen LogP contribution in [0.25, 0.3) is 22.5 Å². The molecule has 0 aromatic heterocycles. The van der Waals surface area contributed by atoms with Crippen molar-refractivity contribution < 1.29 is 4.42 Å². The summed E-state index contributed by atoms with van der Waals surface area (Å²) in [6.07, 6.45) is 1.80. The van der Waals surface area contributed by atoms with E-state index in [1.165, 1.54) is 22.3 Å². The Hall–Kier alpha value is -2.02. The van der Waals surface area contributed by atoms with Gasteiger partial charge >= 0.3 is 0 Å². The molecule has 1 heteroatoms. The summed E-state index contributed by atoms with van der Waals surface area (Å²) in [7, 11) is 0. The molecule has 0 saturated heterocycles. The molecule has 18 heavy (non-hydrogen) atoms. The minimum Gasteiger partial charge on any atom is -0.464 e. The number of fused-ring (bicyclic) bond motifs is 1. The van der Waals surface area contributed by atoms with E-state index in [0.717, 1.165) is 5.76 Å². The Morgan fingerprint density at radius 3 is 2.28 bits per heavy atom. The fourth-order valence-electron chi connectivity index (χ4n) is 2.43. The van der Waals surface area contributed by atoms with Crippen molar-refractivity contribution in [3.63, 3.8) is 0 Å². The van der Waals surface area contributed by atoms with Crippen LogP contribution in [0.4, 0.5) is 0 Å². The molecule has 0 radical (unpaired) electrons. The van der Waals surface area contributed by atoms with Crippen molar-refractivity contribution in [2.75, 3.05) is 0 Å². The van der Waals surface area contributed by atoms with Crippen molar-refractivity contribution in [3.05, 3.63) is 60.4 Å². The lowest BCUT2D eigenvalue weighted by atomic mass is 9.97. The molecule has 1 nitrogen and oxygen atoms in total. The molecule has 0 bridgehead atoms. The average molecular weight is 236 g/mol. The molecular weight excluding hydrogens is 220 g/mol. The van der Waals surface area contributed by atoms with Crippen LogP contribution in [0.2, 0.25) is 0 Å². The molecule has 0 spiro atoms. The summed E-state index contributed by atoms with van der Waals surface area (Å²) in [5.74, 6) is 1.50. The summed E-state index contributed by atoms with van der Waals surface area (Å²) in [6.45, 7) is 4.42. The second-order valence-electron chi connectivity index (χ2n) is 4.89. The molecule has 1 aromatic carbocycles. The van der Waals surface area contributed by atoms with Gasteiger partial charge in [0, 0.05) is 11.1 Å². The van der Waals surface area contributed by atoms with Gasteiger partial charge in [-0.1, -0.05) is 50.2 Å². The van der Waals surface area contributed by atoms with E-state index < -0.39 is 0 Å². The monoisotopic (exact) mass is 236 g/mol. The van der Waals surface area contributed by atoms with Gasteiger partial charge in [-0.25, -0.2) is 0 Å². The highest BCUT2D eigenvalue weighted by atomic mass is 16.3. The van der Waals surface area contributed by atoms with Crippen molar-refractivity contribution in [1.29, 1.82) is 0 Å². The normalized spacial score (nSPS) is 11.3. The SMILES string of the molecule is CC(C)c1ccoc2c(-c3ccccc3)ccc1-2. The smallest absolute Gasteiger partial charge is 0.141 e. The molecule has 90 valence electrons. The lowest BCUT2D eigenvalue weighted by molar-refractivity contribution is 0.563. The van der Waals surface area contributed by atoms with Crippen LogP contribution < -0.4 is 0 Å². The van der Waals surface area contributed by atoms with Gasteiger partial charge in [0.25, 0.3) is 0 Å². The lowest BCUT2D eigenvalue weighted by Gasteiger charge is -2.11. The molecule has 2 aliphatic rings. The Kier molecular flexibility index (Phi) is 2.67. The maximum absolute atomic E-state index is 5.73. The topological polar surface area (TPSA) is 13.1 Å². The number of hydrogen-bond donors (Lipinski definition) is 0. The molecule has 0 amide bonds. The fourth-order valence-corrected chi connectivity index (χ4v) is 2.43. The summed E-state index contributed by atoms with van der Waals surface area (Å²) in [5, 5.41) is 0. The third-order valence-electron chi connectivity index (χ3n) is 3.36. The predicted molar refractivity (Wildman–Crippen MR) is 74.9 cm³/mol. The van der Waals surface area contributed by atoms with E-state index >= 15 is 0 Å². The molecular formula is C17H16O. The first-order valence-corrected chi connectivity index (χ1v) is 6.33. The van der Waals surface area contributed by atoms with E-state index in [1.54, 1.807) is 6.26 Å². The van der Waals surface area contributed by atoms with Crippen LogP contribution in [0, 0.1) is 0 Å². The average Bonchev–Trinajstić information content (AvgIpc) is 2.83. The van der Waals surface area contributed by atoms with Crippen LogP contribution in [0.1, 0.15) is 25.3 Å². The Morgan fingerprint density at radius 1 is 0.833 bits per heavy atom. The third kappa shape index (κ3) is 1.72. The standard InChI is InChI=1S/C17H16O/c1-12(2)14-10-11-18-17-15(8-9-16(14)17)13-6-4-3-5-7-13/h3-12H,1-2H3. The van der Waals surface area contributed by atoms with Crippen LogP contribution in [0.3, 0.4) is 0 Å². The second-order valence-corrected chi connectivity index (χ2v) is 4.89. The molecule has 1 aliphatic heterocycles. The molecule has 1 heterocycles. The van der Waals surface area contributed by atoms with Crippen molar-refractivity contribution in [2.24, 2.45) is 0 Å².